The van der Waals surface area contributed by atoms with Crippen molar-refractivity contribution in [3.63, 3.8) is 0 Å². The molecule has 2 aliphatic heterocycles. The molecule has 0 spiro atoms. The summed E-state index contributed by atoms with van der Waals surface area (Å²) in [5.41, 5.74) is 2.23. The summed E-state index contributed by atoms with van der Waals surface area (Å²) in [6, 6.07) is 9.01. The van der Waals surface area contributed by atoms with Crippen molar-refractivity contribution in [1.29, 1.82) is 0 Å². The van der Waals surface area contributed by atoms with Crippen LogP contribution in [0.3, 0.4) is 0 Å². The number of benzene rings is 1. The zero-order valence-corrected chi connectivity index (χ0v) is 18.5. The van der Waals surface area contributed by atoms with Crippen LogP contribution in [0.5, 0.6) is 0 Å². The van der Waals surface area contributed by atoms with Crippen LogP contribution in [-0.2, 0) is 11.3 Å². The van der Waals surface area contributed by atoms with E-state index >= 15 is 0 Å². The normalized spacial score (nSPS) is 19.1. The smallest absolute Gasteiger partial charge is 0.334 e. The number of pyridine rings is 1. The van der Waals surface area contributed by atoms with Crippen LogP contribution in [0.1, 0.15) is 49.7 Å². The van der Waals surface area contributed by atoms with Crippen molar-refractivity contribution in [2.75, 3.05) is 25.0 Å². The van der Waals surface area contributed by atoms with Crippen molar-refractivity contribution in [2.24, 2.45) is 0 Å². The van der Waals surface area contributed by atoms with Gasteiger partial charge in [0, 0.05) is 29.1 Å². The van der Waals surface area contributed by atoms with Crippen LogP contribution in [0.2, 0.25) is 5.02 Å². The third-order valence-corrected chi connectivity index (χ3v) is 6.62. The molecule has 1 fully saturated rings. The van der Waals surface area contributed by atoms with Crippen LogP contribution in [0.25, 0.3) is 0 Å². The number of aliphatic carboxylic acids is 1. The van der Waals surface area contributed by atoms with Crippen LogP contribution in [0.4, 0.5) is 5.69 Å². The fraction of sp³-hybridized carbons (Fsp3) is 0.417. The molecule has 164 valence electrons. The number of rotatable bonds is 6. The predicted octanol–water partition coefficient (Wildman–Crippen LogP) is 4.29. The number of anilines is 1. The van der Waals surface area contributed by atoms with Gasteiger partial charge >= 0.3 is 5.97 Å². The maximum atomic E-state index is 13.5. The summed E-state index contributed by atoms with van der Waals surface area (Å²) < 4.78 is 1.70. The fourth-order valence-corrected chi connectivity index (χ4v) is 4.98. The molecule has 0 radical (unpaired) electrons. The van der Waals surface area contributed by atoms with E-state index in [4.69, 9.17) is 11.6 Å². The monoisotopic (exact) mass is 441 g/mol. The molecule has 0 aliphatic carbocycles. The molecule has 2 aliphatic rings. The SMILES string of the molecule is CC1=C(C(=O)O)C(c2ccccc2Cl)c2c(ccn(CCCN3CCCCC3)c2=O)N1. The molecule has 0 saturated carbocycles. The molecule has 6 nitrogen and oxygen atoms in total. The van der Waals surface area contributed by atoms with Crippen LogP contribution in [-0.4, -0.2) is 40.2 Å². The number of carbonyl (C=O) groups is 1. The average Bonchev–Trinajstić information content (AvgIpc) is 2.75. The number of carboxylic acid groups (broad SMARTS) is 1. The Hall–Kier alpha value is -2.57. The van der Waals surface area contributed by atoms with Gasteiger partial charge in [0.1, 0.15) is 0 Å². The molecule has 2 aromatic rings. The first kappa shape index (κ1) is 21.7. The molecule has 1 aromatic carbocycles. The molecule has 0 amide bonds. The highest BCUT2D eigenvalue weighted by molar-refractivity contribution is 6.31. The highest BCUT2D eigenvalue weighted by Gasteiger charge is 2.35. The molecule has 3 heterocycles. The number of hydrogen-bond acceptors (Lipinski definition) is 4. The van der Waals surface area contributed by atoms with E-state index in [9.17, 15) is 14.7 Å². The van der Waals surface area contributed by atoms with E-state index < -0.39 is 11.9 Å². The Morgan fingerprint density at radius 1 is 1.16 bits per heavy atom. The zero-order chi connectivity index (χ0) is 22.0. The van der Waals surface area contributed by atoms with Crippen LogP contribution >= 0.6 is 11.6 Å². The van der Waals surface area contributed by atoms with Crippen molar-refractivity contribution in [3.8, 4) is 0 Å². The van der Waals surface area contributed by atoms with Crippen LogP contribution < -0.4 is 10.9 Å². The highest BCUT2D eigenvalue weighted by atomic mass is 35.5. The van der Waals surface area contributed by atoms with Crippen molar-refractivity contribution in [1.82, 2.24) is 9.47 Å². The average molecular weight is 442 g/mol. The largest absolute Gasteiger partial charge is 0.478 e. The second kappa shape index (κ2) is 9.28. The summed E-state index contributed by atoms with van der Waals surface area (Å²) >= 11 is 6.45. The highest BCUT2D eigenvalue weighted by Crippen LogP contribution is 2.42. The fourth-order valence-electron chi connectivity index (χ4n) is 4.74. The van der Waals surface area contributed by atoms with E-state index in [0.717, 1.165) is 26.1 Å². The first-order valence-corrected chi connectivity index (χ1v) is 11.3. The number of halogens is 1. The minimum atomic E-state index is -1.06. The van der Waals surface area contributed by atoms with Gasteiger partial charge in [-0.15, -0.1) is 0 Å². The summed E-state index contributed by atoms with van der Waals surface area (Å²) in [6.45, 7) is 5.55. The third kappa shape index (κ3) is 4.41. The van der Waals surface area contributed by atoms with Crippen LogP contribution in [0.15, 0.2) is 52.6 Å². The topological polar surface area (TPSA) is 74.6 Å². The number of likely N-dealkylation sites (tertiary alicyclic amines) is 1. The minimum Gasteiger partial charge on any atom is -0.478 e. The lowest BCUT2D eigenvalue weighted by atomic mass is 9.81. The zero-order valence-electron chi connectivity index (χ0n) is 17.7. The maximum Gasteiger partial charge on any atom is 0.334 e. The summed E-state index contributed by atoms with van der Waals surface area (Å²) in [5.74, 6) is -1.77. The van der Waals surface area contributed by atoms with E-state index in [1.54, 1.807) is 35.9 Å². The molecule has 2 N–H and O–H groups in total. The van der Waals surface area contributed by atoms with E-state index in [2.05, 4.69) is 10.2 Å². The van der Waals surface area contributed by atoms with Gasteiger partial charge in [-0.05, 0) is 63.5 Å². The Labute approximate surface area is 187 Å². The summed E-state index contributed by atoms with van der Waals surface area (Å²) in [7, 11) is 0. The van der Waals surface area contributed by atoms with E-state index in [0.29, 0.717) is 34.1 Å². The molecule has 31 heavy (non-hydrogen) atoms. The molecule has 1 unspecified atom stereocenters. The van der Waals surface area contributed by atoms with E-state index in [1.165, 1.54) is 19.3 Å². The molecule has 7 heteroatoms. The number of nitrogens with one attached hydrogen (secondary N) is 1. The number of aryl methyl sites for hydroxylation is 1. The van der Waals surface area contributed by atoms with Gasteiger partial charge in [-0.2, -0.15) is 0 Å². The first-order chi connectivity index (χ1) is 15.0. The lowest BCUT2D eigenvalue weighted by Gasteiger charge is -2.30. The Bertz CT molecular complexity index is 1070. The van der Waals surface area contributed by atoms with E-state index in [1.807, 2.05) is 12.1 Å². The Balaban J connectivity index is 1.69. The number of nitrogens with zero attached hydrogens (tertiary/aromatic N) is 2. The Morgan fingerprint density at radius 2 is 1.90 bits per heavy atom. The predicted molar refractivity (Wildman–Crippen MR) is 123 cm³/mol. The second-order valence-corrected chi connectivity index (χ2v) is 8.73. The maximum absolute atomic E-state index is 13.5. The number of hydrogen-bond donors (Lipinski definition) is 2. The molecule has 0 bridgehead atoms. The van der Waals surface area contributed by atoms with Crippen molar-refractivity contribution >= 4 is 23.3 Å². The number of allylic oxidation sites excluding steroid dienone is 1. The van der Waals surface area contributed by atoms with E-state index in [-0.39, 0.29) is 11.1 Å². The van der Waals surface area contributed by atoms with Crippen molar-refractivity contribution < 1.29 is 9.90 Å². The van der Waals surface area contributed by atoms with Crippen molar-refractivity contribution in [2.45, 2.75) is 45.1 Å². The van der Waals surface area contributed by atoms with Gasteiger partial charge < -0.3 is 19.9 Å². The molecule has 1 atom stereocenters. The lowest BCUT2D eigenvalue weighted by Crippen LogP contribution is -2.34. The van der Waals surface area contributed by atoms with Gasteiger partial charge in [-0.25, -0.2) is 4.79 Å². The summed E-state index contributed by atoms with van der Waals surface area (Å²) in [5, 5.41) is 13.5. The van der Waals surface area contributed by atoms with Gasteiger partial charge in [0.25, 0.3) is 5.56 Å². The lowest BCUT2D eigenvalue weighted by molar-refractivity contribution is -0.133. The quantitative estimate of drug-likeness (QED) is 0.699. The Morgan fingerprint density at radius 3 is 2.61 bits per heavy atom. The molecule has 4 rings (SSSR count). The van der Waals surface area contributed by atoms with Crippen molar-refractivity contribution in [3.05, 3.63) is 74.3 Å². The molecular weight excluding hydrogens is 414 g/mol. The minimum absolute atomic E-state index is 0.156. The second-order valence-electron chi connectivity index (χ2n) is 8.32. The molecule has 1 saturated heterocycles. The number of piperidine rings is 1. The van der Waals surface area contributed by atoms with Gasteiger partial charge in [-0.3, -0.25) is 4.79 Å². The third-order valence-electron chi connectivity index (χ3n) is 6.27. The van der Waals surface area contributed by atoms with Gasteiger partial charge in [0.05, 0.1) is 17.1 Å². The van der Waals surface area contributed by atoms with Gasteiger partial charge in [0.15, 0.2) is 0 Å². The molecule has 1 aromatic heterocycles. The standard InChI is InChI=1S/C24H28ClN3O3/c1-16-20(24(30)31)21(17-8-3-4-9-18(17)25)22-19(26-16)10-15-28(23(22)29)14-7-13-27-11-5-2-6-12-27/h3-4,8-10,15,21,26H,2,5-7,11-14H2,1H3,(H,30,31). The number of carboxylic acids is 1. The summed E-state index contributed by atoms with van der Waals surface area (Å²) in [6.07, 6.45) is 6.47. The Kier molecular flexibility index (Phi) is 6.49. The molecular formula is C24H28ClN3O3. The number of aromatic nitrogens is 1. The van der Waals surface area contributed by atoms with Gasteiger partial charge in [-0.1, -0.05) is 36.2 Å². The van der Waals surface area contributed by atoms with Crippen LogP contribution in [0, 0.1) is 0 Å². The first-order valence-electron chi connectivity index (χ1n) is 10.9. The van der Waals surface area contributed by atoms with Gasteiger partial charge in [0.2, 0.25) is 0 Å². The number of fused-ring (bicyclic) bond motifs is 1. The summed E-state index contributed by atoms with van der Waals surface area (Å²) in [4.78, 5) is 28.1.